The summed E-state index contributed by atoms with van der Waals surface area (Å²) in [6, 6.07) is 8.10. The van der Waals surface area contributed by atoms with Gasteiger partial charge in [-0.15, -0.1) is 0 Å². The molecule has 0 atom stereocenters. The van der Waals surface area contributed by atoms with Gasteiger partial charge < -0.3 is 15.2 Å². The third-order valence-corrected chi connectivity index (χ3v) is 6.34. The maximum absolute atomic E-state index is 4.95. The largest absolute Gasteiger partial charge is 0.355 e. The van der Waals surface area contributed by atoms with Gasteiger partial charge in [-0.25, -0.2) is 15.0 Å². The van der Waals surface area contributed by atoms with E-state index in [1.54, 1.807) is 0 Å². The number of fused-ring (bicyclic) bond motifs is 2. The highest BCUT2D eigenvalue weighted by atomic mass is 15.2. The Morgan fingerprint density at radius 3 is 2.79 bits per heavy atom. The van der Waals surface area contributed by atoms with E-state index in [4.69, 9.17) is 9.97 Å². The van der Waals surface area contributed by atoms with Crippen LogP contribution in [0, 0.1) is 0 Å². The van der Waals surface area contributed by atoms with Crippen molar-refractivity contribution in [3.8, 4) is 22.8 Å². The Hall–Kier alpha value is -3.85. The molecule has 5 aromatic heterocycles. The topological polar surface area (TPSA) is 111 Å². The van der Waals surface area contributed by atoms with Crippen molar-refractivity contribution in [2.75, 3.05) is 24.5 Å². The second-order valence-electron chi connectivity index (χ2n) is 8.69. The zero-order valence-electron chi connectivity index (χ0n) is 19.2. The number of nitrogens with one attached hydrogen (secondary N) is 3. The normalized spacial score (nSPS) is 14.3. The molecule has 34 heavy (non-hydrogen) atoms. The molecule has 0 unspecified atom stereocenters. The highest BCUT2D eigenvalue weighted by Gasteiger charge is 2.20. The van der Waals surface area contributed by atoms with Gasteiger partial charge in [0.1, 0.15) is 11.0 Å². The number of hydrogen-bond acceptors (Lipinski definition) is 7. The average Bonchev–Trinajstić information content (AvgIpc) is 3.51. The van der Waals surface area contributed by atoms with E-state index < -0.39 is 0 Å². The third-order valence-electron chi connectivity index (χ3n) is 6.34. The van der Waals surface area contributed by atoms with Gasteiger partial charge in [0.2, 0.25) is 0 Å². The zero-order valence-corrected chi connectivity index (χ0v) is 19.2. The Morgan fingerprint density at radius 2 is 1.91 bits per heavy atom. The number of nitrogens with zero attached hydrogens (tertiary/aromatic N) is 6. The maximum Gasteiger partial charge on any atom is 0.161 e. The van der Waals surface area contributed by atoms with Crippen molar-refractivity contribution in [1.29, 1.82) is 0 Å². The van der Waals surface area contributed by atoms with Gasteiger partial charge in [0.15, 0.2) is 17.3 Å². The second kappa shape index (κ2) is 8.83. The second-order valence-corrected chi connectivity index (χ2v) is 8.69. The summed E-state index contributed by atoms with van der Waals surface area (Å²) in [5, 5.41) is 11.0. The standard InChI is InChI=1S/C25H27N9/c1-2-26-13-16-12-17(15-27-14-16)18-6-7-20-21(29-18)23(33-32-20)24-30-19-8-9-28-25(22(19)31-24)34-10-4-3-5-11-34/h6-9,12,14-15,26H,2-5,10-11,13H2,1H3,(H,30,31)(H,32,33). The molecule has 6 heterocycles. The van der Waals surface area contributed by atoms with Crippen molar-refractivity contribution in [1.82, 2.24) is 40.4 Å². The van der Waals surface area contributed by atoms with Crippen molar-refractivity contribution in [2.24, 2.45) is 0 Å². The van der Waals surface area contributed by atoms with Gasteiger partial charge in [0.05, 0.1) is 16.7 Å². The lowest BCUT2D eigenvalue weighted by molar-refractivity contribution is 0.574. The van der Waals surface area contributed by atoms with Gasteiger partial charge in [-0.2, -0.15) is 5.10 Å². The predicted octanol–water partition coefficient (Wildman–Crippen LogP) is 4.06. The van der Waals surface area contributed by atoms with E-state index >= 15 is 0 Å². The monoisotopic (exact) mass is 453 g/mol. The van der Waals surface area contributed by atoms with Crippen LogP contribution in [0.4, 0.5) is 5.82 Å². The Labute approximate surface area is 197 Å². The van der Waals surface area contributed by atoms with E-state index in [0.717, 1.165) is 70.9 Å². The van der Waals surface area contributed by atoms with Crippen LogP contribution in [0.2, 0.25) is 0 Å². The van der Waals surface area contributed by atoms with Crippen molar-refractivity contribution < 1.29 is 0 Å². The molecule has 1 saturated heterocycles. The van der Waals surface area contributed by atoms with E-state index in [1.165, 1.54) is 19.3 Å². The van der Waals surface area contributed by atoms with Crippen LogP contribution in [-0.2, 0) is 6.54 Å². The SMILES string of the molecule is CCNCc1cncc(-c2ccc3[nH]nc(-c4nc5c(N6CCCCC6)nccc5[nH]4)c3n2)c1. The number of anilines is 1. The van der Waals surface area contributed by atoms with Crippen molar-refractivity contribution in [3.63, 3.8) is 0 Å². The molecule has 0 aromatic carbocycles. The molecule has 0 radical (unpaired) electrons. The molecule has 9 heteroatoms. The number of aromatic nitrogens is 7. The molecule has 172 valence electrons. The number of imidazole rings is 1. The molecule has 9 nitrogen and oxygen atoms in total. The maximum atomic E-state index is 4.95. The summed E-state index contributed by atoms with van der Waals surface area (Å²) < 4.78 is 0. The fourth-order valence-corrected chi connectivity index (χ4v) is 4.59. The highest BCUT2D eigenvalue weighted by Crippen LogP contribution is 2.31. The van der Waals surface area contributed by atoms with E-state index in [2.05, 4.69) is 48.4 Å². The molecule has 0 bridgehead atoms. The molecular formula is C25H27N9. The van der Waals surface area contributed by atoms with Crippen molar-refractivity contribution in [2.45, 2.75) is 32.7 Å². The smallest absolute Gasteiger partial charge is 0.161 e. The lowest BCUT2D eigenvalue weighted by Gasteiger charge is -2.27. The summed E-state index contributed by atoms with van der Waals surface area (Å²) in [6.45, 7) is 5.83. The summed E-state index contributed by atoms with van der Waals surface area (Å²) >= 11 is 0. The molecule has 1 aliphatic rings. The summed E-state index contributed by atoms with van der Waals surface area (Å²) in [4.78, 5) is 24.7. The molecule has 0 aliphatic carbocycles. The fraction of sp³-hybridized carbons (Fsp3) is 0.320. The van der Waals surface area contributed by atoms with Crippen molar-refractivity contribution >= 4 is 27.9 Å². The summed E-state index contributed by atoms with van der Waals surface area (Å²) in [5.74, 6) is 1.63. The summed E-state index contributed by atoms with van der Waals surface area (Å²) in [6.07, 6.45) is 9.24. The molecule has 0 spiro atoms. The first-order valence-electron chi connectivity index (χ1n) is 11.9. The average molecular weight is 454 g/mol. The molecule has 0 saturated carbocycles. The molecule has 0 amide bonds. The van der Waals surface area contributed by atoms with Gasteiger partial charge in [-0.3, -0.25) is 10.1 Å². The number of pyridine rings is 3. The van der Waals surface area contributed by atoms with Crippen LogP contribution in [-0.4, -0.2) is 54.8 Å². The summed E-state index contributed by atoms with van der Waals surface area (Å²) in [5.41, 5.74) is 7.15. The number of aromatic amines is 2. The van der Waals surface area contributed by atoms with Crippen LogP contribution in [0.15, 0.2) is 42.9 Å². The fourth-order valence-electron chi connectivity index (χ4n) is 4.59. The molecule has 1 fully saturated rings. The van der Waals surface area contributed by atoms with Gasteiger partial charge in [0, 0.05) is 43.8 Å². The van der Waals surface area contributed by atoms with Gasteiger partial charge in [-0.1, -0.05) is 6.92 Å². The van der Waals surface area contributed by atoms with Crippen LogP contribution in [0.25, 0.3) is 44.8 Å². The van der Waals surface area contributed by atoms with Crippen LogP contribution >= 0.6 is 0 Å². The Kier molecular flexibility index (Phi) is 5.38. The van der Waals surface area contributed by atoms with E-state index in [-0.39, 0.29) is 0 Å². The third kappa shape index (κ3) is 3.77. The van der Waals surface area contributed by atoms with E-state index in [1.807, 2.05) is 36.8 Å². The number of piperidine rings is 1. The number of rotatable bonds is 6. The van der Waals surface area contributed by atoms with Gasteiger partial charge in [0.25, 0.3) is 0 Å². The predicted molar refractivity (Wildman–Crippen MR) is 133 cm³/mol. The highest BCUT2D eigenvalue weighted by molar-refractivity contribution is 5.93. The van der Waals surface area contributed by atoms with Crippen molar-refractivity contribution in [3.05, 3.63) is 48.4 Å². The lowest BCUT2D eigenvalue weighted by Crippen LogP contribution is -2.30. The quantitative estimate of drug-likeness (QED) is 0.355. The Morgan fingerprint density at radius 1 is 1.00 bits per heavy atom. The summed E-state index contributed by atoms with van der Waals surface area (Å²) in [7, 11) is 0. The first-order valence-corrected chi connectivity index (χ1v) is 11.9. The van der Waals surface area contributed by atoms with Gasteiger partial charge >= 0.3 is 0 Å². The Balaban J connectivity index is 1.40. The molecule has 3 N–H and O–H groups in total. The minimum atomic E-state index is 0.691. The first-order chi connectivity index (χ1) is 16.8. The lowest BCUT2D eigenvalue weighted by atomic mass is 10.1. The molecule has 6 rings (SSSR count). The number of hydrogen-bond donors (Lipinski definition) is 3. The minimum absolute atomic E-state index is 0.691. The van der Waals surface area contributed by atoms with Gasteiger partial charge in [-0.05, 0) is 55.6 Å². The van der Waals surface area contributed by atoms with Crippen LogP contribution in [0.5, 0.6) is 0 Å². The van der Waals surface area contributed by atoms with E-state index in [9.17, 15) is 0 Å². The van der Waals surface area contributed by atoms with E-state index in [0.29, 0.717) is 11.5 Å². The van der Waals surface area contributed by atoms with Crippen LogP contribution in [0.1, 0.15) is 31.7 Å². The minimum Gasteiger partial charge on any atom is -0.355 e. The number of H-pyrrole nitrogens is 2. The molecule has 5 aromatic rings. The van der Waals surface area contributed by atoms with Crippen LogP contribution < -0.4 is 10.2 Å². The molecule has 1 aliphatic heterocycles. The molecular weight excluding hydrogens is 426 g/mol. The zero-order chi connectivity index (χ0) is 22.9. The van der Waals surface area contributed by atoms with Crippen LogP contribution in [0.3, 0.4) is 0 Å². The first kappa shape index (κ1) is 20.7. The Bertz CT molecular complexity index is 1450.